The normalized spacial score (nSPS) is 19.9. The number of para-hydroxylation sites is 1. The average Bonchev–Trinajstić information content (AvgIpc) is 3.34. The number of halogens is 3. The first-order valence-corrected chi connectivity index (χ1v) is 13.3. The van der Waals surface area contributed by atoms with Crippen LogP contribution in [0.25, 0.3) is 11.0 Å². The number of alkyl halides is 3. The van der Waals surface area contributed by atoms with E-state index >= 15 is 0 Å². The molecule has 1 aliphatic rings. The Bertz CT molecular complexity index is 1300. The Morgan fingerprint density at radius 2 is 1.95 bits per heavy atom. The van der Waals surface area contributed by atoms with Gasteiger partial charge in [-0.3, -0.25) is 14.5 Å². The van der Waals surface area contributed by atoms with Crippen molar-refractivity contribution in [2.24, 2.45) is 5.73 Å². The largest absolute Gasteiger partial charge is 0.493 e. The van der Waals surface area contributed by atoms with Crippen molar-refractivity contribution in [3.63, 3.8) is 0 Å². The number of rotatable bonds is 12. The quantitative estimate of drug-likeness (QED) is 0.292. The zero-order chi connectivity index (χ0) is 28.8. The number of hydrogen-bond donors (Lipinski definition) is 3. The maximum absolute atomic E-state index is 14.0. The molecule has 2 atom stereocenters. The second-order valence-corrected chi connectivity index (χ2v) is 10.1. The van der Waals surface area contributed by atoms with Gasteiger partial charge in [-0.2, -0.15) is 13.2 Å². The molecule has 0 radical (unpaired) electrons. The number of carbonyl (C=O) groups is 2. The lowest BCUT2D eigenvalue weighted by atomic mass is 9.77. The van der Waals surface area contributed by atoms with Gasteiger partial charge in [0.1, 0.15) is 17.8 Å². The third-order valence-electron chi connectivity index (χ3n) is 7.36. The van der Waals surface area contributed by atoms with Gasteiger partial charge in [-0.05, 0) is 37.1 Å². The van der Waals surface area contributed by atoms with E-state index in [0.29, 0.717) is 49.6 Å². The Kier molecular flexibility index (Phi) is 9.36. The molecule has 1 saturated heterocycles. The fourth-order valence-electron chi connectivity index (χ4n) is 5.53. The molecule has 3 aromatic rings. The highest BCUT2D eigenvalue weighted by Crippen LogP contribution is 2.34. The molecule has 11 heteroatoms. The van der Waals surface area contributed by atoms with E-state index in [2.05, 4.69) is 10.6 Å². The molecule has 1 fully saturated rings. The molecular weight excluding hydrogens is 525 g/mol. The molecule has 0 saturated carbocycles. The van der Waals surface area contributed by atoms with Gasteiger partial charge in [0.2, 0.25) is 11.8 Å². The first-order chi connectivity index (χ1) is 19.1. The number of piperazine rings is 1. The van der Waals surface area contributed by atoms with Crippen molar-refractivity contribution in [2.75, 3.05) is 33.3 Å². The second kappa shape index (κ2) is 12.7. The number of nitrogens with one attached hydrogen (secondary N) is 2. The molecule has 2 unspecified atom stereocenters. The van der Waals surface area contributed by atoms with Crippen LogP contribution in [-0.2, 0) is 22.4 Å². The Morgan fingerprint density at radius 3 is 2.65 bits per heavy atom. The first kappa shape index (κ1) is 29.4. The van der Waals surface area contributed by atoms with Crippen LogP contribution in [0.4, 0.5) is 13.2 Å². The van der Waals surface area contributed by atoms with E-state index in [0.717, 1.165) is 10.9 Å². The molecule has 2 heterocycles. The predicted octanol–water partition coefficient (Wildman–Crippen LogP) is 3.57. The molecule has 40 heavy (non-hydrogen) atoms. The number of nitrogens with zero attached hydrogens (tertiary/aromatic N) is 1. The number of unbranched alkanes of at least 4 members (excludes halogenated alkanes) is 1. The number of benzene rings is 2. The summed E-state index contributed by atoms with van der Waals surface area (Å²) in [6, 6.07) is 16.0. The number of amides is 2. The molecule has 0 spiro atoms. The van der Waals surface area contributed by atoms with E-state index < -0.39 is 36.1 Å². The number of furan rings is 1. The van der Waals surface area contributed by atoms with Crippen molar-refractivity contribution >= 4 is 22.8 Å². The molecule has 1 aliphatic heterocycles. The standard InChI is InChI=1S/C29H35F3N4O4/c1-39-23-11-7-10-21-16-22(40-26(21)23)17-24-28(18-20-8-3-2-4-9-20,27(38)35-19-29(30,31)32)36(15-13-34-24)14-6-5-12-25(33)37/h2-4,7-11,16,24,34H,5-6,12-15,17-19H2,1H3,(H2,33,37)(H,35,38). The zero-order valence-corrected chi connectivity index (χ0v) is 22.4. The third kappa shape index (κ3) is 6.95. The molecule has 8 nitrogen and oxygen atoms in total. The van der Waals surface area contributed by atoms with Gasteiger partial charge < -0.3 is 25.5 Å². The lowest BCUT2D eigenvalue weighted by Crippen LogP contribution is -2.74. The van der Waals surface area contributed by atoms with Gasteiger partial charge in [-0.1, -0.05) is 42.5 Å². The van der Waals surface area contributed by atoms with Gasteiger partial charge >= 0.3 is 6.18 Å². The summed E-state index contributed by atoms with van der Waals surface area (Å²) in [7, 11) is 1.55. The average molecular weight is 561 g/mol. The van der Waals surface area contributed by atoms with E-state index in [-0.39, 0.29) is 19.3 Å². The van der Waals surface area contributed by atoms with Crippen LogP contribution in [0.15, 0.2) is 59.0 Å². The van der Waals surface area contributed by atoms with E-state index in [1.807, 2.05) is 53.4 Å². The molecule has 2 amide bonds. The van der Waals surface area contributed by atoms with E-state index in [1.165, 1.54) is 0 Å². The minimum absolute atomic E-state index is 0.175. The van der Waals surface area contributed by atoms with Gasteiger partial charge in [0.05, 0.1) is 7.11 Å². The Labute approximate surface area is 231 Å². The summed E-state index contributed by atoms with van der Waals surface area (Å²) in [4.78, 5) is 27.2. The molecule has 1 aromatic heterocycles. The SMILES string of the molecule is COc1cccc2cc(CC3NCCN(CCCCC(N)=O)C3(Cc3ccccc3)C(=O)NCC(F)(F)F)oc12. The fraction of sp³-hybridized carbons (Fsp3) is 0.448. The van der Waals surface area contributed by atoms with Crippen LogP contribution >= 0.6 is 0 Å². The minimum atomic E-state index is -4.57. The Balaban J connectivity index is 1.74. The van der Waals surface area contributed by atoms with Crippen LogP contribution in [0, 0.1) is 0 Å². The highest BCUT2D eigenvalue weighted by Gasteiger charge is 2.52. The van der Waals surface area contributed by atoms with Crippen LogP contribution in [0.3, 0.4) is 0 Å². The smallest absolute Gasteiger partial charge is 0.405 e. The van der Waals surface area contributed by atoms with Crippen molar-refractivity contribution in [1.82, 2.24) is 15.5 Å². The van der Waals surface area contributed by atoms with Crippen LogP contribution < -0.4 is 21.1 Å². The molecule has 0 bridgehead atoms. The van der Waals surface area contributed by atoms with Crippen molar-refractivity contribution in [2.45, 2.75) is 49.9 Å². The molecule has 4 rings (SSSR count). The second-order valence-electron chi connectivity index (χ2n) is 10.1. The molecular formula is C29H35F3N4O4. The lowest BCUT2D eigenvalue weighted by Gasteiger charge is -2.51. The topological polar surface area (TPSA) is 110 Å². The predicted molar refractivity (Wildman–Crippen MR) is 145 cm³/mol. The summed E-state index contributed by atoms with van der Waals surface area (Å²) in [5, 5.41) is 6.42. The maximum atomic E-state index is 14.0. The van der Waals surface area contributed by atoms with Crippen molar-refractivity contribution in [1.29, 1.82) is 0 Å². The summed E-state index contributed by atoms with van der Waals surface area (Å²) in [6.45, 7) is -0.0709. The molecule has 0 aliphatic carbocycles. The number of nitrogens with two attached hydrogens (primary N) is 1. The Morgan fingerprint density at radius 1 is 1.18 bits per heavy atom. The van der Waals surface area contributed by atoms with E-state index in [1.54, 1.807) is 13.2 Å². The van der Waals surface area contributed by atoms with Crippen molar-refractivity contribution in [3.8, 4) is 5.75 Å². The van der Waals surface area contributed by atoms with Gasteiger partial charge in [0, 0.05) is 43.8 Å². The van der Waals surface area contributed by atoms with Crippen LogP contribution in [0.2, 0.25) is 0 Å². The summed E-state index contributed by atoms with van der Waals surface area (Å²) in [5.41, 5.74) is 5.31. The van der Waals surface area contributed by atoms with Crippen LogP contribution in [0.1, 0.15) is 30.6 Å². The van der Waals surface area contributed by atoms with Gasteiger partial charge in [0.15, 0.2) is 11.3 Å². The summed E-state index contributed by atoms with van der Waals surface area (Å²) in [5.74, 6) is 0.00924. The summed E-state index contributed by atoms with van der Waals surface area (Å²) < 4.78 is 51.4. The monoisotopic (exact) mass is 560 g/mol. The number of ether oxygens (including phenoxy) is 1. The van der Waals surface area contributed by atoms with Crippen molar-refractivity contribution < 1.29 is 31.9 Å². The van der Waals surface area contributed by atoms with Crippen LogP contribution in [-0.4, -0.2) is 67.8 Å². The number of hydrogen-bond acceptors (Lipinski definition) is 6. The van der Waals surface area contributed by atoms with Gasteiger partial charge in [-0.15, -0.1) is 0 Å². The zero-order valence-electron chi connectivity index (χ0n) is 22.4. The molecule has 216 valence electrons. The van der Waals surface area contributed by atoms with E-state index in [9.17, 15) is 22.8 Å². The summed E-state index contributed by atoms with van der Waals surface area (Å²) in [6.07, 6.45) is -2.87. The first-order valence-electron chi connectivity index (χ1n) is 13.3. The fourth-order valence-corrected chi connectivity index (χ4v) is 5.53. The maximum Gasteiger partial charge on any atom is 0.405 e. The molecule has 2 aromatic carbocycles. The number of carbonyl (C=O) groups excluding carboxylic acids is 2. The third-order valence-corrected chi connectivity index (χ3v) is 7.36. The lowest BCUT2D eigenvalue weighted by molar-refractivity contribution is -0.150. The number of primary amides is 1. The van der Waals surface area contributed by atoms with Gasteiger partial charge in [-0.25, -0.2) is 0 Å². The highest BCUT2D eigenvalue weighted by atomic mass is 19.4. The Hall–Kier alpha value is -3.57. The van der Waals surface area contributed by atoms with E-state index in [4.69, 9.17) is 14.9 Å². The summed E-state index contributed by atoms with van der Waals surface area (Å²) >= 11 is 0. The van der Waals surface area contributed by atoms with Gasteiger partial charge in [0.25, 0.3) is 0 Å². The van der Waals surface area contributed by atoms with Crippen LogP contribution in [0.5, 0.6) is 5.75 Å². The van der Waals surface area contributed by atoms with Crippen molar-refractivity contribution in [3.05, 3.63) is 65.9 Å². The number of fused-ring (bicyclic) bond motifs is 1. The minimum Gasteiger partial charge on any atom is -0.493 e. The molecule has 4 N–H and O–H groups in total. The highest BCUT2D eigenvalue weighted by molar-refractivity contribution is 5.88. The number of methoxy groups -OCH3 is 1.